The number of fused-ring (bicyclic) bond motifs is 7. The molecule has 33 heavy (non-hydrogen) atoms. The van der Waals surface area contributed by atoms with E-state index >= 15 is 0 Å². The number of hydrogen-bond acceptors (Lipinski definition) is 1. The van der Waals surface area contributed by atoms with E-state index in [9.17, 15) is 0 Å². The van der Waals surface area contributed by atoms with Crippen molar-refractivity contribution in [3.05, 3.63) is 114 Å². The van der Waals surface area contributed by atoms with E-state index < -0.39 is 0 Å². The van der Waals surface area contributed by atoms with Crippen LogP contribution in [0.3, 0.4) is 0 Å². The Morgan fingerprint density at radius 2 is 1.24 bits per heavy atom. The molecule has 0 unspecified atom stereocenters. The molecule has 3 heteroatoms. The lowest BCUT2D eigenvalue weighted by Crippen LogP contribution is -1.94. The topological polar surface area (TPSA) is 4.93 Å². The Balaban J connectivity index is 1.61. The summed E-state index contributed by atoms with van der Waals surface area (Å²) in [7, 11) is 0. The third kappa shape index (κ3) is 2.83. The number of thiophene rings is 1. The van der Waals surface area contributed by atoms with Crippen molar-refractivity contribution in [1.82, 2.24) is 4.57 Å². The van der Waals surface area contributed by atoms with Crippen LogP contribution in [0, 0.1) is 0 Å². The molecule has 0 fully saturated rings. The Kier molecular flexibility index (Phi) is 4.23. The first-order chi connectivity index (χ1) is 16.3. The van der Waals surface area contributed by atoms with Crippen LogP contribution >= 0.6 is 27.3 Å². The summed E-state index contributed by atoms with van der Waals surface area (Å²) < 4.78 is 6.21. The Hall–Kier alpha value is -3.40. The van der Waals surface area contributed by atoms with Crippen LogP contribution in [0.1, 0.15) is 0 Å². The summed E-state index contributed by atoms with van der Waals surface area (Å²) in [4.78, 5) is 0. The zero-order valence-electron chi connectivity index (χ0n) is 17.6. The third-order valence-electron chi connectivity index (χ3n) is 6.46. The van der Waals surface area contributed by atoms with Crippen LogP contribution in [0.5, 0.6) is 0 Å². The fourth-order valence-electron chi connectivity index (χ4n) is 5.02. The summed E-state index contributed by atoms with van der Waals surface area (Å²) in [6, 6.07) is 39.3. The predicted octanol–water partition coefficient (Wildman–Crippen LogP) is 9.58. The second-order valence-electron chi connectivity index (χ2n) is 8.32. The molecule has 0 spiro atoms. The molecule has 0 aliphatic carbocycles. The Morgan fingerprint density at radius 3 is 2.06 bits per heavy atom. The van der Waals surface area contributed by atoms with Crippen LogP contribution in [0.2, 0.25) is 0 Å². The van der Waals surface area contributed by atoms with E-state index in [4.69, 9.17) is 0 Å². The van der Waals surface area contributed by atoms with Gasteiger partial charge in [0.05, 0.1) is 11.0 Å². The molecule has 0 amide bonds. The van der Waals surface area contributed by atoms with Gasteiger partial charge in [-0.15, -0.1) is 11.3 Å². The summed E-state index contributed by atoms with van der Waals surface area (Å²) in [6.45, 7) is 0. The monoisotopic (exact) mass is 503 g/mol. The molecule has 2 heterocycles. The van der Waals surface area contributed by atoms with Crippen molar-refractivity contribution in [2.24, 2.45) is 0 Å². The minimum absolute atomic E-state index is 1.15. The van der Waals surface area contributed by atoms with Crippen LogP contribution in [0.25, 0.3) is 58.8 Å². The number of benzene rings is 5. The van der Waals surface area contributed by atoms with Gasteiger partial charge in [0.1, 0.15) is 0 Å². The number of hydrogen-bond donors (Lipinski definition) is 0. The lowest BCUT2D eigenvalue weighted by Gasteiger charge is -2.11. The van der Waals surface area contributed by atoms with Gasteiger partial charge < -0.3 is 4.57 Å². The van der Waals surface area contributed by atoms with Crippen molar-refractivity contribution < 1.29 is 0 Å². The molecule has 156 valence electrons. The Bertz CT molecular complexity index is 1810. The first-order valence-electron chi connectivity index (χ1n) is 11.0. The lowest BCUT2D eigenvalue weighted by atomic mass is 10.1. The summed E-state index contributed by atoms with van der Waals surface area (Å²) in [5.74, 6) is 0. The highest BCUT2D eigenvalue weighted by Gasteiger charge is 2.20. The fraction of sp³-hybridized carbons (Fsp3) is 0. The van der Waals surface area contributed by atoms with E-state index in [-0.39, 0.29) is 0 Å². The van der Waals surface area contributed by atoms with Gasteiger partial charge in [0.15, 0.2) is 0 Å². The van der Waals surface area contributed by atoms with Crippen LogP contribution in [-0.4, -0.2) is 4.57 Å². The molecule has 7 aromatic rings. The quantitative estimate of drug-likeness (QED) is 0.221. The molecular weight excluding hydrogens is 486 g/mol. The van der Waals surface area contributed by atoms with Crippen molar-refractivity contribution in [1.29, 1.82) is 0 Å². The highest BCUT2D eigenvalue weighted by molar-refractivity contribution is 9.10. The van der Waals surface area contributed by atoms with Gasteiger partial charge in [-0.2, -0.15) is 0 Å². The van der Waals surface area contributed by atoms with Gasteiger partial charge in [-0.3, -0.25) is 0 Å². The Morgan fingerprint density at radius 1 is 0.576 bits per heavy atom. The van der Waals surface area contributed by atoms with Crippen molar-refractivity contribution >= 4 is 69.2 Å². The maximum Gasteiger partial charge on any atom is 0.0645 e. The van der Waals surface area contributed by atoms with Crippen molar-refractivity contribution in [3.8, 4) is 16.8 Å². The first kappa shape index (κ1) is 19.1. The summed E-state index contributed by atoms with van der Waals surface area (Å²) in [5, 5.41) is 5.19. The maximum atomic E-state index is 3.92. The van der Waals surface area contributed by atoms with Gasteiger partial charge in [-0.25, -0.2) is 0 Å². The largest absolute Gasteiger partial charge is 0.309 e. The van der Waals surface area contributed by atoms with Crippen molar-refractivity contribution in [2.45, 2.75) is 0 Å². The van der Waals surface area contributed by atoms with Gasteiger partial charge in [-0.1, -0.05) is 94.8 Å². The number of halogens is 1. The molecule has 7 rings (SSSR count). The first-order valence-corrected chi connectivity index (χ1v) is 12.6. The number of rotatable bonds is 2. The molecule has 0 saturated heterocycles. The molecular formula is C30H18BrNS. The summed E-state index contributed by atoms with van der Waals surface area (Å²) in [6.07, 6.45) is 0. The van der Waals surface area contributed by atoms with Gasteiger partial charge in [0.25, 0.3) is 0 Å². The number of para-hydroxylation sites is 1. The molecule has 0 aliphatic heterocycles. The van der Waals surface area contributed by atoms with E-state index in [0.717, 1.165) is 4.47 Å². The molecule has 0 atom stereocenters. The average molecular weight is 504 g/mol. The van der Waals surface area contributed by atoms with Crippen LogP contribution in [0.4, 0.5) is 0 Å². The van der Waals surface area contributed by atoms with E-state index in [1.165, 1.54) is 58.8 Å². The molecule has 2 aromatic heterocycles. The highest BCUT2D eigenvalue weighted by atomic mass is 79.9. The minimum atomic E-state index is 1.15. The van der Waals surface area contributed by atoms with E-state index in [2.05, 4.69) is 130 Å². The maximum absolute atomic E-state index is 3.92. The zero-order valence-corrected chi connectivity index (χ0v) is 20.0. The molecule has 0 radical (unpaired) electrons. The minimum Gasteiger partial charge on any atom is -0.309 e. The zero-order chi connectivity index (χ0) is 21.9. The molecule has 1 nitrogen and oxygen atoms in total. The SMILES string of the molecule is Brc1cc2sc3ccccc3c2c2c1c1ccccc1n2-c1ccc(-c2ccccc2)cc1. The predicted molar refractivity (Wildman–Crippen MR) is 147 cm³/mol. The fourth-order valence-corrected chi connectivity index (χ4v) is 6.95. The van der Waals surface area contributed by atoms with Crippen LogP contribution < -0.4 is 0 Å². The number of nitrogens with zero attached hydrogens (tertiary/aromatic N) is 1. The van der Waals surface area contributed by atoms with E-state index in [1.54, 1.807) is 0 Å². The lowest BCUT2D eigenvalue weighted by molar-refractivity contribution is 1.19. The standard InChI is InChI=1S/C30H18BrNS/c31-24-18-27-29(23-11-5-7-13-26(23)33-27)30-28(24)22-10-4-6-12-25(22)32(30)21-16-14-20(15-17-21)19-8-2-1-3-9-19/h1-18H. The summed E-state index contributed by atoms with van der Waals surface area (Å²) in [5.41, 5.74) is 6.14. The van der Waals surface area contributed by atoms with Crippen molar-refractivity contribution in [2.75, 3.05) is 0 Å². The second-order valence-corrected chi connectivity index (χ2v) is 10.3. The molecule has 0 saturated carbocycles. The molecule has 0 bridgehead atoms. The highest BCUT2D eigenvalue weighted by Crippen LogP contribution is 2.46. The summed E-state index contributed by atoms with van der Waals surface area (Å²) >= 11 is 5.78. The van der Waals surface area contributed by atoms with Crippen LogP contribution in [0.15, 0.2) is 114 Å². The normalized spacial score (nSPS) is 11.8. The van der Waals surface area contributed by atoms with Gasteiger partial charge in [0.2, 0.25) is 0 Å². The smallest absolute Gasteiger partial charge is 0.0645 e. The van der Waals surface area contributed by atoms with E-state index in [1.807, 2.05) is 11.3 Å². The number of aromatic nitrogens is 1. The van der Waals surface area contributed by atoms with Crippen molar-refractivity contribution in [3.63, 3.8) is 0 Å². The third-order valence-corrected chi connectivity index (χ3v) is 8.21. The molecule has 0 aliphatic rings. The van der Waals surface area contributed by atoms with Gasteiger partial charge in [-0.05, 0) is 41.5 Å². The van der Waals surface area contributed by atoms with Gasteiger partial charge in [0, 0.05) is 41.1 Å². The van der Waals surface area contributed by atoms with E-state index in [0.29, 0.717) is 0 Å². The average Bonchev–Trinajstić information content (AvgIpc) is 3.40. The molecule has 5 aromatic carbocycles. The van der Waals surface area contributed by atoms with Gasteiger partial charge >= 0.3 is 0 Å². The second kappa shape index (κ2) is 7.31. The Labute approximate surface area is 203 Å². The molecule has 0 N–H and O–H groups in total. The van der Waals surface area contributed by atoms with Crippen LogP contribution in [-0.2, 0) is 0 Å².